The first kappa shape index (κ1) is 8.53. The highest BCUT2D eigenvalue weighted by Crippen LogP contribution is 2.42. The third-order valence-electron chi connectivity index (χ3n) is 0.699. The van der Waals surface area contributed by atoms with Crippen molar-refractivity contribution in [2.45, 2.75) is 8.15 Å². The van der Waals surface area contributed by atoms with Crippen LogP contribution in [-0.2, 0) is 0 Å². The quantitative estimate of drug-likeness (QED) is 0.579. The smallest absolute Gasteiger partial charge is 0.243 e. The molecule has 2 nitrogen and oxygen atoms in total. The summed E-state index contributed by atoms with van der Waals surface area (Å²) >= 11 is 17.5. The predicted octanol–water partition coefficient (Wildman–Crippen LogP) is 2.83. The molecule has 0 bridgehead atoms. The number of hydrogen-bond donors (Lipinski definition) is 1. The molecule has 1 N–H and O–H groups in total. The summed E-state index contributed by atoms with van der Waals surface area (Å²) < 4.78 is -1.31. The molecule has 1 rings (SSSR count). The summed E-state index contributed by atoms with van der Waals surface area (Å²) in [5.41, 5.74) is 0. The maximum atomic E-state index is 5.47. The standard InChI is InChI=1S/C4H3Cl3N2S/c5-4(6,7)10-3-1-8-2-9-3/h1-2H,(H,8,9). The summed E-state index contributed by atoms with van der Waals surface area (Å²) in [6.07, 6.45) is 3.12. The van der Waals surface area contributed by atoms with E-state index >= 15 is 0 Å². The van der Waals surface area contributed by atoms with Gasteiger partial charge in [0.05, 0.1) is 17.6 Å². The number of nitrogens with one attached hydrogen (secondary N) is 1. The average molecular weight is 218 g/mol. The Labute approximate surface area is 77.3 Å². The van der Waals surface area contributed by atoms with Crippen LogP contribution in [0, 0.1) is 0 Å². The van der Waals surface area contributed by atoms with Crippen molar-refractivity contribution in [3.8, 4) is 0 Å². The molecular weight excluding hydrogens is 214 g/mol. The van der Waals surface area contributed by atoms with Gasteiger partial charge < -0.3 is 4.98 Å². The van der Waals surface area contributed by atoms with Crippen molar-refractivity contribution in [3.63, 3.8) is 0 Å². The molecule has 1 aromatic rings. The van der Waals surface area contributed by atoms with Gasteiger partial charge in [0.15, 0.2) is 0 Å². The van der Waals surface area contributed by atoms with E-state index in [4.69, 9.17) is 34.8 Å². The predicted molar refractivity (Wildman–Crippen MR) is 44.7 cm³/mol. The van der Waals surface area contributed by atoms with Crippen LogP contribution in [0.25, 0.3) is 0 Å². The molecule has 1 aromatic heterocycles. The van der Waals surface area contributed by atoms with Crippen LogP contribution < -0.4 is 0 Å². The number of alkyl halides is 3. The van der Waals surface area contributed by atoms with E-state index in [2.05, 4.69) is 9.97 Å². The zero-order valence-corrected chi connectivity index (χ0v) is 7.73. The highest BCUT2D eigenvalue weighted by molar-refractivity contribution is 8.04. The Morgan fingerprint density at radius 1 is 1.50 bits per heavy atom. The number of thioether (sulfide) groups is 1. The number of imidazole rings is 1. The Morgan fingerprint density at radius 2 is 2.20 bits per heavy atom. The minimum Gasteiger partial charge on any atom is -0.340 e. The van der Waals surface area contributed by atoms with Gasteiger partial charge in [-0.15, -0.1) is 0 Å². The number of aromatic amines is 1. The average Bonchev–Trinajstić information content (AvgIpc) is 2.12. The molecule has 6 heteroatoms. The lowest BCUT2D eigenvalue weighted by atomic mass is 11.0. The summed E-state index contributed by atoms with van der Waals surface area (Å²) in [6, 6.07) is 0. The van der Waals surface area contributed by atoms with Crippen LogP contribution in [0.15, 0.2) is 17.6 Å². The van der Waals surface area contributed by atoms with Gasteiger partial charge in [0.2, 0.25) is 3.12 Å². The van der Waals surface area contributed by atoms with Crippen molar-refractivity contribution in [1.82, 2.24) is 9.97 Å². The third-order valence-corrected chi connectivity index (χ3v) is 2.07. The van der Waals surface area contributed by atoms with Gasteiger partial charge >= 0.3 is 0 Å². The fourth-order valence-electron chi connectivity index (χ4n) is 0.424. The van der Waals surface area contributed by atoms with Gasteiger partial charge in [0.25, 0.3) is 0 Å². The first-order valence-electron chi connectivity index (χ1n) is 2.32. The number of halogens is 3. The zero-order valence-electron chi connectivity index (χ0n) is 4.64. The van der Waals surface area contributed by atoms with Gasteiger partial charge in [-0.25, -0.2) is 4.98 Å². The molecule has 0 fully saturated rings. The second-order valence-electron chi connectivity index (χ2n) is 1.46. The Morgan fingerprint density at radius 3 is 2.60 bits per heavy atom. The third kappa shape index (κ3) is 3.01. The summed E-state index contributed by atoms with van der Waals surface area (Å²) in [5.74, 6) is 0. The van der Waals surface area contributed by atoms with Crippen molar-refractivity contribution in [3.05, 3.63) is 12.5 Å². The van der Waals surface area contributed by atoms with Crippen molar-refractivity contribution >= 4 is 46.6 Å². The van der Waals surface area contributed by atoms with Crippen molar-refractivity contribution in [2.75, 3.05) is 0 Å². The molecule has 0 aliphatic carbocycles. The van der Waals surface area contributed by atoms with Gasteiger partial charge in [0, 0.05) is 0 Å². The molecule has 0 amide bonds. The van der Waals surface area contributed by atoms with Crippen LogP contribution in [0.1, 0.15) is 0 Å². The largest absolute Gasteiger partial charge is 0.340 e. The van der Waals surface area contributed by atoms with E-state index in [0.717, 1.165) is 16.8 Å². The van der Waals surface area contributed by atoms with E-state index in [1.165, 1.54) is 6.33 Å². The molecule has 0 aromatic carbocycles. The first-order valence-corrected chi connectivity index (χ1v) is 4.27. The molecule has 56 valence electrons. The van der Waals surface area contributed by atoms with Crippen LogP contribution in [0.4, 0.5) is 0 Å². The van der Waals surface area contributed by atoms with E-state index < -0.39 is 3.12 Å². The van der Waals surface area contributed by atoms with Crippen LogP contribution in [0.3, 0.4) is 0 Å². The first-order chi connectivity index (χ1) is 4.58. The van der Waals surface area contributed by atoms with Crippen LogP contribution in [0.2, 0.25) is 0 Å². The van der Waals surface area contributed by atoms with Crippen molar-refractivity contribution in [2.24, 2.45) is 0 Å². The second kappa shape index (κ2) is 3.22. The van der Waals surface area contributed by atoms with E-state index in [1.807, 2.05) is 0 Å². The van der Waals surface area contributed by atoms with Gasteiger partial charge in [-0.1, -0.05) is 46.6 Å². The highest BCUT2D eigenvalue weighted by Gasteiger charge is 2.21. The molecule has 1 heterocycles. The monoisotopic (exact) mass is 216 g/mol. The van der Waals surface area contributed by atoms with Gasteiger partial charge in [-0.3, -0.25) is 0 Å². The Hall–Kier alpha value is 0.430. The van der Waals surface area contributed by atoms with E-state index in [0.29, 0.717) is 0 Å². The van der Waals surface area contributed by atoms with Crippen LogP contribution in [0.5, 0.6) is 0 Å². The molecule has 0 spiro atoms. The zero-order chi connectivity index (χ0) is 7.61. The highest BCUT2D eigenvalue weighted by atomic mass is 35.6. The molecule has 0 atom stereocenters. The minimum atomic E-state index is -1.31. The number of rotatable bonds is 1. The van der Waals surface area contributed by atoms with Crippen LogP contribution in [-0.4, -0.2) is 13.1 Å². The lowest BCUT2D eigenvalue weighted by Crippen LogP contribution is -1.92. The number of aromatic nitrogens is 2. The lowest BCUT2D eigenvalue weighted by molar-refractivity contribution is 1.20. The topological polar surface area (TPSA) is 28.7 Å². The molecule has 10 heavy (non-hydrogen) atoms. The summed E-state index contributed by atoms with van der Waals surface area (Å²) in [5, 5.41) is 0.736. The summed E-state index contributed by atoms with van der Waals surface area (Å²) in [4.78, 5) is 6.55. The van der Waals surface area contributed by atoms with Crippen LogP contribution >= 0.6 is 46.6 Å². The fraction of sp³-hybridized carbons (Fsp3) is 0.250. The fourth-order valence-corrected chi connectivity index (χ4v) is 1.65. The molecule has 0 aliphatic heterocycles. The molecule has 0 aliphatic rings. The molecule has 0 saturated heterocycles. The Bertz CT molecular complexity index is 193. The minimum absolute atomic E-state index is 0.736. The number of H-pyrrole nitrogens is 1. The molecule has 0 radical (unpaired) electrons. The molecule has 0 saturated carbocycles. The molecule has 0 unspecified atom stereocenters. The number of hydrogen-bond acceptors (Lipinski definition) is 2. The van der Waals surface area contributed by atoms with Gasteiger partial charge in [-0.2, -0.15) is 0 Å². The Balaban J connectivity index is 2.57. The second-order valence-corrected chi connectivity index (χ2v) is 5.67. The van der Waals surface area contributed by atoms with E-state index in [9.17, 15) is 0 Å². The summed E-state index contributed by atoms with van der Waals surface area (Å²) in [7, 11) is 0. The van der Waals surface area contributed by atoms with Crippen molar-refractivity contribution in [1.29, 1.82) is 0 Å². The van der Waals surface area contributed by atoms with Gasteiger partial charge in [0.1, 0.15) is 0 Å². The van der Waals surface area contributed by atoms with Gasteiger partial charge in [-0.05, 0) is 0 Å². The maximum absolute atomic E-state index is 5.47. The number of nitrogens with zero attached hydrogens (tertiary/aromatic N) is 1. The van der Waals surface area contributed by atoms with E-state index in [-0.39, 0.29) is 0 Å². The Kier molecular flexibility index (Phi) is 2.74. The SMILES string of the molecule is ClC(Cl)(Cl)Sc1cnc[nH]1. The lowest BCUT2D eigenvalue weighted by Gasteiger charge is -2.06. The maximum Gasteiger partial charge on any atom is 0.243 e. The normalized spacial score (nSPS) is 11.9. The summed E-state index contributed by atoms with van der Waals surface area (Å²) in [6.45, 7) is 0. The molecular formula is C4H3Cl3N2S. The van der Waals surface area contributed by atoms with Crippen molar-refractivity contribution < 1.29 is 0 Å². The van der Waals surface area contributed by atoms with E-state index in [1.54, 1.807) is 6.20 Å².